The smallest absolute Gasteiger partial charge is 0.251 e. The van der Waals surface area contributed by atoms with E-state index >= 15 is 0 Å². The van der Waals surface area contributed by atoms with Gasteiger partial charge in [-0.1, -0.05) is 44.2 Å². The Morgan fingerprint density at radius 3 is 2.43 bits per heavy atom. The summed E-state index contributed by atoms with van der Waals surface area (Å²) in [7, 11) is -3.85. The van der Waals surface area contributed by atoms with Gasteiger partial charge in [0.15, 0.2) is 0 Å². The van der Waals surface area contributed by atoms with Crippen LogP contribution < -0.4 is 10.6 Å². The maximum atomic E-state index is 12.9. The molecule has 2 aromatic rings. The van der Waals surface area contributed by atoms with E-state index in [0.717, 1.165) is 41.3 Å². The molecule has 0 aliphatic carbocycles. The Labute approximate surface area is 207 Å². The molecule has 2 N–H and O–H groups in total. The number of piperazine rings is 1. The van der Waals surface area contributed by atoms with Crippen molar-refractivity contribution >= 4 is 21.8 Å². The Morgan fingerprint density at radius 2 is 1.74 bits per heavy atom. The van der Waals surface area contributed by atoms with E-state index in [1.807, 2.05) is 12.1 Å². The van der Waals surface area contributed by atoms with Gasteiger partial charge in [0.1, 0.15) is 0 Å². The zero-order chi connectivity index (χ0) is 25.0. The summed E-state index contributed by atoms with van der Waals surface area (Å²) in [5.74, 6) is 0.765. The Balaban J connectivity index is 1.34. The molecule has 0 saturated carbocycles. The third kappa shape index (κ3) is 6.48. The lowest BCUT2D eigenvalue weighted by atomic mass is 9.91. The highest BCUT2D eigenvalue weighted by atomic mass is 32.2. The van der Waals surface area contributed by atoms with Gasteiger partial charge in [-0.05, 0) is 47.6 Å². The minimum atomic E-state index is -3.85. The SMILES string of the molecule is C[C@@H]1C[C@@H](C)CN(Cc2ccc(CNC(=O)c3cccc(S(=O)(=O)N4CCNC(=O)C4)c3)cc2)C1. The van der Waals surface area contributed by atoms with Gasteiger partial charge in [0, 0.05) is 44.8 Å². The van der Waals surface area contributed by atoms with Crippen LogP contribution in [0.4, 0.5) is 0 Å². The number of carbonyl (C=O) groups excluding carboxylic acids is 2. The molecule has 8 nitrogen and oxygen atoms in total. The van der Waals surface area contributed by atoms with E-state index < -0.39 is 10.0 Å². The highest BCUT2D eigenvalue weighted by Crippen LogP contribution is 2.23. The number of amides is 2. The number of rotatable bonds is 7. The van der Waals surface area contributed by atoms with E-state index in [9.17, 15) is 18.0 Å². The van der Waals surface area contributed by atoms with Crippen LogP contribution in [0.25, 0.3) is 0 Å². The van der Waals surface area contributed by atoms with Crippen molar-refractivity contribution in [2.24, 2.45) is 11.8 Å². The Hall–Kier alpha value is -2.75. The average Bonchev–Trinajstić information content (AvgIpc) is 2.83. The number of likely N-dealkylation sites (tertiary alicyclic amines) is 1. The molecule has 2 aromatic carbocycles. The van der Waals surface area contributed by atoms with E-state index in [4.69, 9.17) is 0 Å². The summed E-state index contributed by atoms with van der Waals surface area (Å²) in [6.45, 7) is 8.41. The number of hydrogen-bond acceptors (Lipinski definition) is 5. The number of nitrogens with one attached hydrogen (secondary N) is 2. The van der Waals surface area contributed by atoms with E-state index in [1.54, 1.807) is 12.1 Å². The van der Waals surface area contributed by atoms with Crippen molar-refractivity contribution in [2.45, 2.75) is 38.3 Å². The number of hydrogen-bond donors (Lipinski definition) is 2. The summed E-state index contributed by atoms with van der Waals surface area (Å²) in [6.07, 6.45) is 1.29. The highest BCUT2D eigenvalue weighted by Gasteiger charge is 2.29. The fourth-order valence-corrected chi connectivity index (χ4v) is 6.44. The summed E-state index contributed by atoms with van der Waals surface area (Å²) in [5.41, 5.74) is 2.49. The van der Waals surface area contributed by atoms with Crippen molar-refractivity contribution < 1.29 is 18.0 Å². The first-order chi connectivity index (χ1) is 16.7. The number of sulfonamides is 1. The molecular formula is C26H34N4O4S. The lowest BCUT2D eigenvalue weighted by Crippen LogP contribution is -2.49. The van der Waals surface area contributed by atoms with Crippen LogP contribution >= 0.6 is 0 Å². The maximum absolute atomic E-state index is 12.9. The van der Waals surface area contributed by atoms with Crippen molar-refractivity contribution in [1.82, 2.24) is 19.8 Å². The van der Waals surface area contributed by atoms with Crippen LogP contribution in [0.5, 0.6) is 0 Å². The zero-order valence-electron chi connectivity index (χ0n) is 20.4. The monoisotopic (exact) mass is 498 g/mol. The maximum Gasteiger partial charge on any atom is 0.251 e. The van der Waals surface area contributed by atoms with Gasteiger partial charge in [0.25, 0.3) is 5.91 Å². The summed E-state index contributed by atoms with van der Waals surface area (Å²) in [4.78, 5) is 26.8. The largest absolute Gasteiger partial charge is 0.354 e. The molecule has 2 saturated heterocycles. The molecule has 9 heteroatoms. The second-order valence-electron chi connectivity index (χ2n) is 9.86. The Kier molecular flexibility index (Phi) is 7.88. The van der Waals surface area contributed by atoms with Gasteiger partial charge in [-0.15, -0.1) is 0 Å². The normalized spacial score (nSPS) is 21.9. The number of benzene rings is 2. The second kappa shape index (κ2) is 10.9. The molecule has 0 radical (unpaired) electrons. The molecule has 0 bridgehead atoms. The zero-order valence-corrected chi connectivity index (χ0v) is 21.2. The van der Waals surface area contributed by atoms with Gasteiger partial charge in [-0.3, -0.25) is 14.5 Å². The first-order valence-electron chi connectivity index (χ1n) is 12.2. The van der Waals surface area contributed by atoms with E-state index in [0.29, 0.717) is 6.54 Å². The fraction of sp³-hybridized carbons (Fsp3) is 0.462. The molecule has 0 unspecified atom stereocenters. The number of carbonyl (C=O) groups is 2. The quantitative estimate of drug-likeness (QED) is 0.610. The molecule has 2 heterocycles. The van der Waals surface area contributed by atoms with Gasteiger partial charge >= 0.3 is 0 Å². The van der Waals surface area contributed by atoms with Gasteiger partial charge in [0.05, 0.1) is 11.4 Å². The van der Waals surface area contributed by atoms with Crippen LogP contribution in [0.1, 0.15) is 41.8 Å². The Bertz CT molecular complexity index is 1160. The lowest BCUT2D eigenvalue weighted by Gasteiger charge is -2.35. The molecule has 188 valence electrons. The predicted octanol–water partition coefficient (Wildman–Crippen LogP) is 2.21. The van der Waals surface area contributed by atoms with E-state index in [-0.39, 0.29) is 41.9 Å². The number of nitrogens with zero attached hydrogens (tertiary/aromatic N) is 2. The first-order valence-corrected chi connectivity index (χ1v) is 13.6. The molecule has 4 rings (SSSR count). The third-order valence-corrected chi connectivity index (χ3v) is 8.41. The predicted molar refractivity (Wildman–Crippen MR) is 134 cm³/mol. The lowest BCUT2D eigenvalue weighted by molar-refractivity contribution is -0.122. The second-order valence-corrected chi connectivity index (χ2v) is 11.8. The van der Waals surface area contributed by atoms with Gasteiger partial charge in [-0.25, -0.2) is 8.42 Å². The molecule has 0 spiro atoms. The molecule has 0 aromatic heterocycles. The molecule has 2 fully saturated rings. The standard InChI is InChI=1S/C26H34N4O4S/c1-19-12-20(2)16-29(15-19)17-22-8-6-21(7-9-22)14-28-26(32)23-4-3-5-24(13-23)35(33,34)30-11-10-27-25(31)18-30/h3-9,13,19-20H,10-12,14-18H2,1-2H3,(H,27,31)(H,28,32)/t19-,20-/m1/s1. The van der Waals surface area contributed by atoms with E-state index in [1.165, 1.54) is 24.1 Å². The average molecular weight is 499 g/mol. The van der Waals surface area contributed by atoms with Crippen molar-refractivity contribution in [3.63, 3.8) is 0 Å². The van der Waals surface area contributed by atoms with Crippen LogP contribution in [0.15, 0.2) is 53.4 Å². The highest BCUT2D eigenvalue weighted by molar-refractivity contribution is 7.89. The van der Waals surface area contributed by atoms with Crippen LogP contribution in [-0.4, -0.2) is 62.2 Å². The summed E-state index contributed by atoms with van der Waals surface area (Å²) >= 11 is 0. The van der Waals surface area contributed by atoms with Gasteiger partial charge in [0.2, 0.25) is 15.9 Å². The molecule has 35 heavy (non-hydrogen) atoms. The van der Waals surface area contributed by atoms with Gasteiger partial charge < -0.3 is 10.6 Å². The molecule has 2 aliphatic rings. The first kappa shape index (κ1) is 25.3. The third-order valence-electron chi connectivity index (χ3n) is 6.56. The van der Waals surface area contributed by atoms with Crippen molar-refractivity contribution in [1.29, 1.82) is 0 Å². The topological polar surface area (TPSA) is 98.8 Å². The fourth-order valence-electron chi connectivity index (χ4n) is 4.99. The minimum absolute atomic E-state index is 0.00514. The summed E-state index contributed by atoms with van der Waals surface area (Å²) in [6, 6.07) is 14.2. The van der Waals surface area contributed by atoms with Crippen LogP contribution in [0, 0.1) is 11.8 Å². The van der Waals surface area contributed by atoms with Crippen molar-refractivity contribution in [2.75, 3.05) is 32.7 Å². The van der Waals surface area contributed by atoms with Crippen LogP contribution in [0.2, 0.25) is 0 Å². The summed E-state index contributed by atoms with van der Waals surface area (Å²) in [5, 5.41) is 5.48. The van der Waals surface area contributed by atoms with Crippen molar-refractivity contribution in [3.8, 4) is 0 Å². The van der Waals surface area contributed by atoms with Crippen molar-refractivity contribution in [3.05, 3.63) is 65.2 Å². The van der Waals surface area contributed by atoms with Gasteiger partial charge in [-0.2, -0.15) is 4.31 Å². The summed E-state index contributed by atoms with van der Waals surface area (Å²) < 4.78 is 27.0. The molecule has 2 aliphatic heterocycles. The molecule has 2 atom stereocenters. The number of piperidine rings is 1. The molecule has 2 amide bonds. The Morgan fingerprint density at radius 1 is 1.06 bits per heavy atom. The van der Waals surface area contributed by atoms with E-state index in [2.05, 4.69) is 41.5 Å². The van der Waals surface area contributed by atoms with Crippen LogP contribution in [0.3, 0.4) is 0 Å². The molecular weight excluding hydrogens is 464 g/mol. The minimum Gasteiger partial charge on any atom is -0.354 e. The van der Waals surface area contributed by atoms with Crippen LogP contribution in [-0.2, 0) is 27.9 Å².